The number of benzene rings is 1. The fourth-order valence-corrected chi connectivity index (χ4v) is 1.74. The van der Waals surface area contributed by atoms with E-state index in [1.54, 1.807) is 13.0 Å². The summed E-state index contributed by atoms with van der Waals surface area (Å²) in [6.45, 7) is 4.55. The highest BCUT2D eigenvalue weighted by Crippen LogP contribution is 2.16. The van der Waals surface area contributed by atoms with Gasteiger partial charge in [0.1, 0.15) is 11.6 Å². The zero-order valence-corrected chi connectivity index (χ0v) is 10.9. The number of hydrogen-bond acceptors (Lipinski definition) is 2. The SMILES string of the molecule is CCC(CCCOc1ccc(C)c(F)c1)NC. The number of hydrogen-bond donors (Lipinski definition) is 1. The number of halogens is 1. The molecule has 1 N–H and O–H groups in total. The molecule has 1 aromatic rings. The second-order valence-electron chi connectivity index (χ2n) is 4.30. The molecule has 0 heterocycles. The van der Waals surface area contributed by atoms with Gasteiger partial charge < -0.3 is 10.1 Å². The Balaban J connectivity index is 2.28. The summed E-state index contributed by atoms with van der Waals surface area (Å²) < 4.78 is 18.7. The molecule has 0 bridgehead atoms. The van der Waals surface area contributed by atoms with Crippen LogP contribution in [0.25, 0.3) is 0 Å². The van der Waals surface area contributed by atoms with Crippen LogP contribution in [0.5, 0.6) is 5.75 Å². The van der Waals surface area contributed by atoms with Crippen LogP contribution in [0.2, 0.25) is 0 Å². The molecule has 0 amide bonds. The Bertz CT molecular complexity index is 337. The lowest BCUT2D eigenvalue weighted by atomic mass is 10.1. The summed E-state index contributed by atoms with van der Waals surface area (Å²) in [6, 6.07) is 5.55. The van der Waals surface area contributed by atoms with Crippen molar-refractivity contribution in [3.63, 3.8) is 0 Å². The van der Waals surface area contributed by atoms with Gasteiger partial charge in [-0.05, 0) is 44.9 Å². The van der Waals surface area contributed by atoms with Gasteiger partial charge in [0.15, 0.2) is 0 Å². The van der Waals surface area contributed by atoms with Gasteiger partial charge >= 0.3 is 0 Å². The Morgan fingerprint density at radius 1 is 1.41 bits per heavy atom. The Morgan fingerprint density at radius 2 is 2.18 bits per heavy atom. The van der Waals surface area contributed by atoms with Crippen LogP contribution in [-0.4, -0.2) is 19.7 Å². The van der Waals surface area contributed by atoms with Gasteiger partial charge in [-0.15, -0.1) is 0 Å². The maximum Gasteiger partial charge on any atom is 0.129 e. The number of ether oxygens (including phenoxy) is 1. The molecule has 0 aliphatic rings. The first-order valence-electron chi connectivity index (χ1n) is 6.23. The normalized spacial score (nSPS) is 12.5. The number of aryl methyl sites for hydroxylation is 1. The summed E-state index contributed by atoms with van der Waals surface area (Å²) in [6.07, 6.45) is 3.19. The molecule has 0 radical (unpaired) electrons. The molecule has 17 heavy (non-hydrogen) atoms. The molecule has 1 rings (SSSR count). The van der Waals surface area contributed by atoms with E-state index in [0.717, 1.165) is 19.3 Å². The van der Waals surface area contributed by atoms with Crippen molar-refractivity contribution >= 4 is 0 Å². The van der Waals surface area contributed by atoms with E-state index in [4.69, 9.17) is 4.74 Å². The first-order valence-corrected chi connectivity index (χ1v) is 6.23. The average Bonchev–Trinajstić information content (AvgIpc) is 2.34. The standard InChI is InChI=1S/C14H22FNO/c1-4-12(16-3)6-5-9-17-13-8-7-11(2)14(15)10-13/h7-8,10,12,16H,4-6,9H2,1-3H3. The molecule has 0 fully saturated rings. The van der Waals surface area contributed by atoms with Crippen LogP contribution < -0.4 is 10.1 Å². The summed E-state index contributed by atoms with van der Waals surface area (Å²) in [5.74, 6) is 0.412. The van der Waals surface area contributed by atoms with Crippen molar-refractivity contribution in [3.8, 4) is 5.75 Å². The molecule has 0 saturated heterocycles. The van der Waals surface area contributed by atoms with E-state index in [1.165, 1.54) is 6.07 Å². The van der Waals surface area contributed by atoms with Crippen molar-refractivity contribution in [3.05, 3.63) is 29.6 Å². The molecule has 1 atom stereocenters. The topological polar surface area (TPSA) is 21.3 Å². The fraction of sp³-hybridized carbons (Fsp3) is 0.571. The first-order chi connectivity index (χ1) is 8.17. The first kappa shape index (κ1) is 14.0. The van der Waals surface area contributed by atoms with Gasteiger partial charge in [0.2, 0.25) is 0 Å². The lowest BCUT2D eigenvalue weighted by Gasteiger charge is -2.13. The van der Waals surface area contributed by atoms with Crippen molar-refractivity contribution in [2.24, 2.45) is 0 Å². The largest absolute Gasteiger partial charge is 0.493 e. The maximum absolute atomic E-state index is 13.2. The molecular formula is C14H22FNO. The molecular weight excluding hydrogens is 217 g/mol. The van der Waals surface area contributed by atoms with E-state index in [1.807, 2.05) is 13.1 Å². The van der Waals surface area contributed by atoms with Gasteiger partial charge in [0.25, 0.3) is 0 Å². The predicted molar refractivity (Wildman–Crippen MR) is 69.0 cm³/mol. The van der Waals surface area contributed by atoms with Gasteiger partial charge in [-0.25, -0.2) is 4.39 Å². The zero-order chi connectivity index (χ0) is 12.7. The van der Waals surface area contributed by atoms with Crippen molar-refractivity contribution in [1.82, 2.24) is 5.32 Å². The lowest BCUT2D eigenvalue weighted by molar-refractivity contribution is 0.295. The second kappa shape index (κ2) is 7.28. The minimum Gasteiger partial charge on any atom is -0.493 e. The zero-order valence-electron chi connectivity index (χ0n) is 10.9. The Kier molecular flexibility index (Phi) is 5.98. The van der Waals surface area contributed by atoms with Gasteiger partial charge in [0, 0.05) is 12.1 Å². The minimum absolute atomic E-state index is 0.204. The lowest BCUT2D eigenvalue weighted by Crippen LogP contribution is -2.24. The monoisotopic (exact) mass is 239 g/mol. The van der Waals surface area contributed by atoms with Gasteiger partial charge in [-0.2, -0.15) is 0 Å². The minimum atomic E-state index is -0.204. The van der Waals surface area contributed by atoms with Crippen LogP contribution >= 0.6 is 0 Å². The molecule has 0 saturated carbocycles. The van der Waals surface area contributed by atoms with Crippen molar-refractivity contribution in [2.45, 2.75) is 39.2 Å². The molecule has 0 aromatic heterocycles. The predicted octanol–water partition coefficient (Wildman–Crippen LogP) is 3.29. The molecule has 2 nitrogen and oxygen atoms in total. The van der Waals surface area contributed by atoms with Crippen LogP contribution in [0.4, 0.5) is 4.39 Å². The second-order valence-corrected chi connectivity index (χ2v) is 4.30. The summed E-state index contributed by atoms with van der Waals surface area (Å²) in [4.78, 5) is 0. The van der Waals surface area contributed by atoms with E-state index in [9.17, 15) is 4.39 Å². The third kappa shape index (κ3) is 4.73. The van der Waals surface area contributed by atoms with Gasteiger partial charge in [-0.3, -0.25) is 0 Å². The molecule has 0 spiro atoms. The van der Waals surface area contributed by atoms with Crippen molar-refractivity contribution in [1.29, 1.82) is 0 Å². The fourth-order valence-electron chi connectivity index (χ4n) is 1.74. The van der Waals surface area contributed by atoms with E-state index in [2.05, 4.69) is 12.2 Å². The van der Waals surface area contributed by atoms with Crippen LogP contribution in [0.15, 0.2) is 18.2 Å². The quantitative estimate of drug-likeness (QED) is 0.737. The Morgan fingerprint density at radius 3 is 2.76 bits per heavy atom. The highest BCUT2D eigenvalue weighted by atomic mass is 19.1. The molecule has 0 aliphatic heterocycles. The highest BCUT2D eigenvalue weighted by molar-refractivity contribution is 5.27. The Labute approximate surface area is 103 Å². The van der Waals surface area contributed by atoms with Gasteiger partial charge in [-0.1, -0.05) is 13.0 Å². The maximum atomic E-state index is 13.2. The third-order valence-corrected chi connectivity index (χ3v) is 3.01. The van der Waals surface area contributed by atoms with E-state index in [-0.39, 0.29) is 5.82 Å². The average molecular weight is 239 g/mol. The van der Waals surface area contributed by atoms with Crippen molar-refractivity contribution in [2.75, 3.05) is 13.7 Å². The van der Waals surface area contributed by atoms with Crippen LogP contribution in [0.1, 0.15) is 31.7 Å². The summed E-state index contributed by atoms with van der Waals surface area (Å²) in [7, 11) is 1.98. The summed E-state index contributed by atoms with van der Waals surface area (Å²) >= 11 is 0. The van der Waals surface area contributed by atoms with E-state index >= 15 is 0 Å². The van der Waals surface area contributed by atoms with E-state index < -0.39 is 0 Å². The van der Waals surface area contributed by atoms with Crippen molar-refractivity contribution < 1.29 is 9.13 Å². The molecule has 1 aromatic carbocycles. The Hall–Kier alpha value is -1.09. The number of nitrogens with one attached hydrogen (secondary N) is 1. The van der Waals surface area contributed by atoms with Crippen LogP contribution in [-0.2, 0) is 0 Å². The smallest absolute Gasteiger partial charge is 0.129 e. The molecule has 3 heteroatoms. The number of rotatable bonds is 7. The molecule has 0 aliphatic carbocycles. The third-order valence-electron chi connectivity index (χ3n) is 3.01. The highest BCUT2D eigenvalue weighted by Gasteiger charge is 2.03. The van der Waals surface area contributed by atoms with E-state index in [0.29, 0.717) is 24.0 Å². The molecule has 96 valence electrons. The van der Waals surface area contributed by atoms with Crippen LogP contribution in [0, 0.1) is 12.7 Å². The summed E-state index contributed by atoms with van der Waals surface area (Å²) in [5, 5.41) is 3.25. The van der Waals surface area contributed by atoms with Crippen LogP contribution in [0.3, 0.4) is 0 Å². The van der Waals surface area contributed by atoms with Gasteiger partial charge in [0.05, 0.1) is 6.61 Å². The molecule has 1 unspecified atom stereocenters. The summed E-state index contributed by atoms with van der Waals surface area (Å²) in [5.41, 5.74) is 0.651.